The van der Waals surface area contributed by atoms with Crippen LogP contribution in [0.4, 0.5) is 5.82 Å². The highest BCUT2D eigenvalue weighted by Gasteiger charge is 2.06. The van der Waals surface area contributed by atoms with E-state index in [1.807, 2.05) is 19.1 Å². The molecule has 1 aromatic carbocycles. The van der Waals surface area contributed by atoms with Gasteiger partial charge in [0.05, 0.1) is 10.5 Å². The van der Waals surface area contributed by atoms with Crippen molar-refractivity contribution < 1.29 is 0 Å². The number of nitrogens with two attached hydrogens (primary N) is 1. The van der Waals surface area contributed by atoms with Gasteiger partial charge in [-0.25, -0.2) is 9.97 Å². The first-order chi connectivity index (χ1) is 6.72. The van der Waals surface area contributed by atoms with Crippen LogP contribution in [0.15, 0.2) is 18.2 Å². The zero-order valence-electron chi connectivity index (χ0n) is 7.79. The quantitative estimate of drug-likeness (QED) is 0.782. The van der Waals surface area contributed by atoms with E-state index in [4.69, 9.17) is 17.3 Å². The molecule has 0 atom stereocenters. The molecular weight excluding hydrogens is 198 g/mol. The summed E-state index contributed by atoms with van der Waals surface area (Å²) in [4.78, 5) is 8.50. The maximum Gasteiger partial charge on any atom is 0.135 e. The molecule has 0 spiro atoms. The molecule has 4 heteroatoms. The standard InChI is InChI=1S/C10H10ClN3/c1-2-8-13-9-6(10(12)14-8)4-3-5-7(9)11/h3-5H,2H2,1H3,(H2,12,13,14). The topological polar surface area (TPSA) is 51.8 Å². The van der Waals surface area contributed by atoms with E-state index in [2.05, 4.69) is 9.97 Å². The first-order valence-electron chi connectivity index (χ1n) is 4.43. The Morgan fingerprint density at radius 1 is 1.36 bits per heavy atom. The van der Waals surface area contributed by atoms with Crippen molar-refractivity contribution in [3.05, 3.63) is 29.0 Å². The number of fused-ring (bicyclic) bond motifs is 1. The molecule has 72 valence electrons. The van der Waals surface area contributed by atoms with E-state index in [1.165, 1.54) is 0 Å². The number of benzene rings is 1. The Morgan fingerprint density at radius 3 is 2.86 bits per heavy atom. The van der Waals surface area contributed by atoms with Crippen LogP contribution in [-0.2, 0) is 6.42 Å². The van der Waals surface area contributed by atoms with Gasteiger partial charge in [0.15, 0.2) is 0 Å². The van der Waals surface area contributed by atoms with Gasteiger partial charge >= 0.3 is 0 Å². The highest BCUT2D eigenvalue weighted by Crippen LogP contribution is 2.24. The molecule has 0 aliphatic heterocycles. The minimum atomic E-state index is 0.495. The van der Waals surface area contributed by atoms with Crippen molar-refractivity contribution >= 4 is 28.3 Å². The molecule has 0 aliphatic carbocycles. The van der Waals surface area contributed by atoms with E-state index in [9.17, 15) is 0 Å². The molecule has 14 heavy (non-hydrogen) atoms. The lowest BCUT2D eigenvalue weighted by Gasteiger charge is -2.04. The molecule has 3 nitrogen and oxygen atoms in total. The minimum absolute atomic E-state index is 0.495. The molecule has 0 unspecified atom stereocenters. The lowest BCUT2D eigenvalue weighted by atomic mass is 10.2. The van der Waals surface area contributed by atoms with E-state index in [0.29, 0.717) is 10.8 Å². The number of hydrogen-bond acceptors (Lipinski definition) is 3. The summed E-state index contributed by atoms with van der Waals surface area (Å²) in [5.74, 6) is 1.22. The Balaban J connectivity index is 2.83. The monoisotopic (exact) mass is 207 g/mol. The van der Waals surface area contributed by atoms with Crippen LogP contribution in [0.1, 0.15) is 12.7 Å². The predicted octanol–water partition coefficient (Wildman–Crippen LogP) is 2.43. The number of nitrogen functional groups attached to an aromatic ring is 1. The van der Waals surface area contributed by atoms with Gasteiger partial charge in [-0.3, -0.25) is 0 Å². The van der Waals surface area contributed by atoms with Gasteiger partial charge in [-0.05, 0) is 12.1 Å². The van der Waals surface area contributed by atoms with E-state index in [-0.39, 0.29) is 0 Å². The summed E-state index contributed by atoms with van der Waals surface area (Å²) >= 11 is 6.01. The smallest absolute Gasteiger partial charge is 0.135 e. The summed E-state index contributed by atoms with van der Waals surface area (Å²) in [5.41, 5.74) is 6.53. The van der Waals surface area contributed by atoms with Crippen LogP contribution in [0.2, 0.25) is 5.02 Å². The van der Waals surface area contributed by atoms with Crippen molar-refractivity contribution in [1.29, 1.82) is 0 Å². The molecule has 1 heterocycles. The second-order valence-corrected chi connectivity index (χ2v) is 3.42. The van der Waals surface area contributed by atoms with Crippen molar-refractivity contribution in [3.63, 3.8) is 0 Å². The number of halogens is 1. The third-order valence-electron chi connectivity index (χ3n) is 2.07. The average molecular weight is 208 g/mol. The summed E-state index contributed by atoms with van der Waals surface area (Å²) in [7, 11) is 0. The van der Waals surface area contributed by atoms with Gasteiger partial charge in [0, 0.05) is 11.8 Å². The molecule has 0 aliphatic rings. The number of rotatable bonds is 1. The second-order valence-electron chi connectivity index (χ2n) is 3.01. The largest absolute Gasteiger partial charge is 0.383 e. The molecule has 2 N–H and O–H groups in total. The van der Waals surface area contributed by atoms with Crippen molar-refractivity contribution in [2.75, 3.05) is 5.73 Å². The van der Waals surface area contributed by atoms with Crippen LogP contribution in [0, 0.1) is 0 Å². The fraction of sp³-hybridized carbons (Fsp3) is 0.200. The third-order valence-corrected chi connectivity index (χ3v) is 2.37. The Morgan fingerprint density at radius 2 is 2.14 bits per heavy atom. The Labute approximate surface area is 86.9 Å². The van der Waals surface area contributed by atoms with Crippen LogP contribution in [0.3, 0.4) is 0 Å². The molecule has 0 radical (unpaired) electrons. The van der Waals surface area contributed by atoms with E-state index < -0.39 is 0 Å². The molecule has 2 rings (SSSR count). The number of aromatic nitrogens is 2. The fourth-order valence-electron chi connectivity index (χ4n) is 1.35. The Bertz CT molecular complexity index is 482. The van der Waals surface area contributed by atoms with Gasteiger partial charge < -0.3 is 5.73 Å². The van der Waals surface area contributed by atoms with Crippen molar-refractivity contribution in [3.8, 4) is 0 Å². The van der Waals surface area contributed by atoms with Gasteiger partial charge in [0.1, 0.15) is 11.6 Å². The number of aryl methyl sites for hydroxylation is 1. The highest BCUT2D eigenvalue weighted by atomic mass is 35.5. The molecule has 0 amide bonds. The van der Waals surface area contributed by atoms with Gasteiger partial charge in [0.2, 0.25) is 0 Å². The summed E-state index contributed by atoms with van der Waals surface area (Å²) in [6.07, 6.45) is 0.755. The normalized spacial score (nSPS) is 10.7. The summed E-state index contributed by atoms with van der Waals surface area (Å²) in [6, 6.07) is 5.52. The summed E-state index contributed by atoms with van der Waals surface area (Å²) in [5, 5.41) is 1.43. The van der Waals surface area contributed by atoms with Crippen molar-refractivity contribution in [2.45, 2.75) is 13.3 Å². The number of para-hydroxylation sites is 1. The summed E-state index contributed by atoms with van der Waals surface area (Å²) in [6.45, 7) is 1.98. The first-order valence-corrected chi connectivity index (χ1v) is 4.80. The lowest BCUT2D eigenvalue weighted by molar-refractivity contribution is 0.966. The predicted molar refractivity (Wildman–Crippen MR) is 58.3 cm³/mol. The Hall–Kier alpha value is -1.35. The van der Waals surface area contributed by atoms with Gasteiger partial charge in [-0.1, -0.05) is 24.6 Å². The lowest BCUT2D eigenvalue weighted by Crippen LogP contribution is -1.99. The van der Waals surface area contributed by atoms with E-state index in [0.717, 1.165) is 23.1 Å². The van der Waals surface area contributed by atoms with Crippen LogP contribution in [0.5, 0.6) is 0 Å². The Kier molecular flexibility index (Phi) is 2.25. The zero-order chi connectivity index (χ0) is 10.1. The van der Waals surface area contributed by atoms with Crippen LogP contribution in [0.25, 0.3) is 10.9 Å². The van der Waals surface area contributed by atoms with Crippen molar-refractivity contribution in [1.82, 2.24) is 9.97 Å². The molecular formula is C10H10ClN3. The molecule has 0 fully saturated rings. The number of nitrogens with zero attached hydrogens (tertiary/aromatic N) is 2. The fourth-order valence-corrected chi connectivity index (χ4v) is 1.56. The molecule has 0 saturated heterocycles. The van der Waals surface area contributed by atoms with E-state index in [1.54, 1.807) is 6.07 Å². The third kappa shape index (κ3) is 1.40. The minimum Gasteiger partial charge on any atom is -0.383 e. The van der Waals surface area contributed by atoms with Gasteiger partial charge in [-0.2, -0.15) is 0 Å². The summed E-state index contributed by atoms with van der Waals surface area (Å²) < 4.78 is 0. The SMILES string of the molecule is CCc1nc(N)c2cccc(Cl)c2n1. The second kappa shape index (κ2) is 3.42. The molecule has 1 aromatic heterocycles. The van der Waals surface area contributed by atoms with Crippen LogP contribution in [-0.4, -0.2) is 9.97 Å². The van der Waals surface area contributed by atoms with Crippen LogP contribution < -0.4 is 5.73 Å². The highest BCUT2D eigenvalue weighted by molar-refractivity contribution is 6.35. The maximum absolute atomic E-state index is 6.01. The molecule has 2 aromatic rings. The molecule has 0 saturated carbocycles. The number of anilines is 1. The van der Waals surface area contributed by atoms with Gasteiger partial charge in [-0.15, -0.1) is 0 Å². The number of hydrogen-bond donors (Lipinski definition) is 1. The molecule has 0 bridgehead atoms. The van der Waals surface area contributed by atoms with Crippen molar-refractivity contribution in [2.24, 2.45) is 0 Å². The zero-order valence-corrected chi connectivity index (χ0v) is 8.54. The first kappa shape index (κ1) is 9.21. The van der Waals surface area contributed by atoms with E-state index >= 15 is 0 Å². The average Bonchev–Trinajstić information content (AvgIpc) is 2.19. The maximum atomic E-state index is 6.01. The van der Waals surface area contributed by atoms with Gasteiger partial charge in [0.25, 0.3) is 0 Å². The van der Waals surface area contributed by atoms with Crippen LogP contribution >= 0.6 is 11.6 Å².